The van der Waals surface area contributed by atoms with Crippen LogP contribution in [-0.4, -0.2) is 10.7 Å². The van der Waals surface area contributed by atoms with Gasteiger partial charge in [-0.2, -0.15) is 0 Å². The zero-order valence-electron chi connectivity index (χ0n) is 8.48. The van der Waals surface area contributed by atoms with Crippen LogP contribution in [0.3, 0.4) is 0 Å². The van der Waals surface area contributed by atoms with Gasteiger partial charge in [0.05, 0.1) is 0 Å². The van der Waals surface area contributed by atoms with Gasteiger partial charge >= 0.3 is 0 Å². The minimum absolute atomic E-state index is 0.761. The van der Waals surface area contributed by atoms with Gasteiger partial charge in [-0.05, 0) is 19.8 Å². The van der Waals surface area contributed by atoms with Crippen LogP contribution in [0.25, 0.3) is 0 Å². The van der Waals surface area contributed by atoms with Crippen molar-refractivity contribution in [1.29, 1.82) is 0 Å². The first-order valence-corrected chi connectivity index (χ1v) is 4.84. The average Bonchev–Trinajstić information content (AvgIpc) is 1.98. The van der Waals surface area contributed by atoms with Gasteiger partial charge in [-0.15, -0.1) is 5.92 Å². The molecule has 0 aromatic carbocycles. The zero-order chi connectivity index (χ0) is 9.45. The summed E-state index contributed by atoms with van der Waals surface area (Å²) in [5.41, 5.74) is -0.761. The van der Waals surface area contributed by atoms with Crippen LogP contribution in [-0.2, 0) is 0 Å². The third-order valence-electron chi connectivity index (χ3n) is 1.75. The zero-order valence-corrected chi connectivity index (χ0v) is 8.48. The fraction of sp³-hybridized carbons (Fsp3) is 0.818. The van der Waals surface area contributed by atoms with Gasteiger partial charge in [0.15, 0.2) is 0 Å². The molecule has 0 amide bonds. The normalized spacial score (nSPS) is 14.7. The van der Waals surface area contributed by atoms with E-state index in [1.807, 2.05) is 0 Å². The Morgan fingerprint density at radius 2 is 1.92 bits per heavy atom. The maximum absolute atomic E-state index is 9.64. The molecule has 0 spiro atoms. The molecule has 0 heterocycles. The highest BCUT2D eigenvalue weighted by Crippen LogP contribution is 2.09. The van der Waals surface area contributed by atoms with Crippen LogP contribution in [0.15, 0.2) is 0 Å². The lowest BCUT2D eigenvalue weighted by Crippen LogP contribution is -2.20. The summed E-state index contributed by atoms with van der Waals surface area (Å²) in [6.45, 7) is 5.99. The molecule has 0 aromatic rings. The third-order valence-corrected chi connectivity index (χ3v) is 1.75. The van der Waals surface area contributed by atoms with E-state index < -0.39 is 5.60 Å². The second-order valence-corrected chi connectivity index (χ2v) is 3.43. The Morgan fingerprint density at radius 1 is 1.25 bits per heavy atom. The lowest BCUT2D eigenvalue weighted by molar-refractivity contribution is 0.111. The Hall–Kier alpha value is -0.480. The molecular weight excluding hydrogens is 148 g/mol. The minimum Gasteiger partial charge on any atom is -0.378 e. The SMILES string of the molecule is CCCCC#CC(C)(O)CCC. The van der Waals surface area contributed by atoms with Crippen molar-refractivity contribution >= 4 is 0 Å². The van der Waals surface area contributed by atoms with Gasteiger partial charge in [-0.1, -0.05) is 32.6 Å². The molecule has 0 radical (unpaired) electrons. The molecule has 1 N–H and O–H groups in total. The van der Waals surface area contributed by atoms with Crippen molar-refractivity contribution in [2.24, 2.45) is 0 Å². The smallest absolute Gasteiger partial charge is 0.122 e. The molecule has 12 heavy (non-hydrogen) atoms. The molecular formula is C11H20O. The van der Waals surface area contributed by atoms with Crippen molar-refractivity contribution in [2.75, 3.05) is 0 Å². The van der Waals surface area contributed by atoms with E-state index in [-0.39, 0.29) is 0 Å². The van der Waals surface area contributed by atoms with Crippen LogP contribution in [0, 0.1) is 11.8 Å². The minimum atomic E-state index is -0.761. The molecule has 0 aliphatic heterocycles. The number of rotatable bonds is 4. The maximum Gasteiger partial charge on any atom is 0.122 e. The highest BCUT2D eigenvalue weighted by atomic mass is 16.3. The topological polar surface area (TPSA) is 20.2 Å². The van der Waals surface area contributed by atoms with Crippen molar-refractivity contribution < 1.29 is 5.11 Å². The molecule has 0 aromatic heterocycles. The molecule has 1 unspecified atom stereocenters. The predicted molar refractivity (Wildman–Crippen MR) is 52.8 cm³/mol. The average molecular weight is 168 g/mol. The Morgan fingerprint density at radius 3 is 2.42 bits per heavy atom. The van der Waals surface area contributed by atoms with Gasteiger partial charge < -0.3 is 5.11 Å². The lowest BCUT2D eigenvalue weighted by Gasteiger charge is -2.13. The van der Waals surface area contributed by atoms with Crippen molar-refractivity contribution in [2.45, 2.75) is 58.5 Å². The summed E-state index contributed by atoms with van der Waals surface area (Å²) >= 11 is 0. The van der Waals surface area contributed by atoms with Gasteiger partial charge in [-0.3, -0.25) is 0 Å². The third kappa shape index (κ3) is 6.24. The van der Waals surface area contributed by atoms with Crippen LogP contribution < -0.4 is 0 Å². The molecule has 0 rings (SSSR count). The largest absolute Gasteiger partial charge is 0.378 e. The van der Waals surface area contributed by atoms with Crippen LogP contribution in [0.1, 0.15) is 52.9 Å². The Balaban J connectivity index is 3.74. The molecule has 70 valence electrons. The first-order chi connectivity index (χ1) is 5.62. The maximum atomic E-state index is 9.64. The number of hydrogen-bond acceptors (Lipinski definition) is 1. The van der Waals surface area contributed by atoms with Crippen LogP contribution in [0.2, 0.25) is 0 Å². The van der Waals surface area contributed by atoms with E-state index in [9.17, 15) is 5.11 Å². The molecule has 1 nitrogen and oxygen atoms in total. The van der Waals surface area contributed by atoms with E-state index in [1.165, 1.54) is 6.42 Å². The summed E-state index contributed by atoms with van der Waals surface area (Å²) in [6.07, 6.45) is 4.97. The molecule has 1 atom stereocenters. The fourth-order valence-electron chi connectivity index (χ4n) is 1.07. The van der Waals surface area contributed by atoms with Crippen LogP contribution in [0.4, 0.5) is 0 Å². The fourth-order valence-corrected chi connectivity index (χ4v) is 1.07. The predicted octanol–water partition coefficient (Wildman–Crippen LogP) is 2.73. The summed E-state index contributed by atoms with van der Waals surface area (Å²) < 4.78 is 0. The number of unbranched alkanes of at least 4 members (excludes halogenated alkanes) is 2. The van der Waals surface area contributed by atoms with E-state index in [4.69, 9.17) is 0 Å². The van der Waals surface area contributed by atoms with Crippen molar-refractivity contribution in [3.8, 4) is 11.8 Å². The number of hydrogen-bond donors (Lipinski definition) is 1. The Labute approximate surface area is 76.2 Å². The standard InChI is InChI=1S/C11H20O/c1-4-6-7-8-10-11(3,12)9-5-2/h12H,4-7,9H2,1-3H3. The highest BCUT2D eigenvalue weighted by Gasteiger charge is 2.13. The quantitative estimate of drug-likeness (QED) is 0.505. The van der Waals surface area contributed by atoms with Gasteiger partial charge in [0.25, 0.3) is 0 Å². The van der Waals surface area contributed by atoms with E-state index in [0.717, 1.165) is 25.7 Å². The molecule has 0 fully saturated rings. The van der Waals surface area contributed by atoms with Crippen molar-refractivity contribution in [3.63, 3.8) is 0 Å². The summed E-state index contributed by atoms with van der Waals surface area (Å²) in [7, 11) is 0. The van der Waals surface area contributed by atoms with Crippen molar-refractivity contribution in [1.82, 2.24) is 0 Å². The van der Waals surface area contributed by atoms with Crippen LogP contribution in [0.5, 0.6) is 0 Å². The van der Waals surface area contributed by atoms with Gasteiger partial charge in [0.1, 0.15) is 5.60 Å². The molecule has 0 saturated heterocycles. The van der Waals surface area contributed by atoms with E-state index >= 15 is 0 Å². The molecule has 1 heteroatoms. The first-order valence-electron chi connectivity index (χ1n) is 4.84. The molecule has 0 aliphatic carbocycles. The van der Waals surface area contributed by atoms with E-state index in [2.05, 4.69) is 25.7 Å². The lowest BCUT2D eigenvalue weighted by atomic mass is 10.0. The Bertz CT molecular complexity index is 160. The monoisotopic (exact) mass is 168 g/mol. The number of aliphatic hydroxyl groups is 1. The van der Waals surface area contributed by atoms with Gasteiger partial charge in [0.2, 0.25) is 0 Å². The van der Waals surface area contributed by atoms with Gasteiger partial charge in [-0.25, -0.2) is 0 Å². The molecule has 0 bridgehead atoms. The van der Waals surface area contributed by atoms with E-state index in [0.29, 0.717) is 0 Å². The summed E-state index contributed by atoms with van der Waals surface area (Å²) in [5.74, 6) is 5.91. The van der Waals surface area contributed by atoms with Gasteiger partial charge in [0, 0.05) is 6.42 Å². The highest BCUT2D eigenvalue weighted by molar-refractivity contribution is 5.11. The second kappa shape index (κ2) is 6.08. The van der Waals surface area contributed by atoms with Crippen molar-refractivity contribution in [3.05, 3.63) is 0 Å². The van der Waals surface area contributed by atoms with E-state index in [1.54, 1.807) is 6.92 Å². The summed E-state index contributed by atoms with van der Waals surface area (Å²) in [6, 6.07) is 0. The Kier molecular flexibility index (Phi) is 5.84. The molecule has 0 saturated carbocycles. The summed E-state index contributed by atoms with van der Waals surface area (Å²) in [4.78, 5) is 0. The first kappa shape index (κ1) is 11.5. The molecule has 0 aliphatic rings. The second-order valence-electron chi connectivity index (χ2n) is 3.43. The van der Waals surface area contributed by atoms with Crippen LogP contribution >= 0.6 is 0 Å². The summed E-state index contributed by atoms with van der Waals surface area (Å²) in [5, 5.41) is 9.64.